The van der Waals surface area contributed by atoms with Gasteiger partial charge in [0.25, 0.3) is 5.56 Å². The van der Waals surface area contributed by atoms with Crippen molar-refractivity contribution in [3.63, 3.8) is 0 Å². The summed E-state index contributed by atoms with van der Waals surface area (Å²) in [5, 5.41) is 0.414. The lowest BCUT2D eigenvalue weighted by molar-refractivity contribution is 0.187. The van der Waals surface area contributed by atoms with Gasteiger partial charge in [-0.1, -0.05) is 24.3 Å². The van der Waals surface area contributed by atoms with Crippen molar-refractivity contribution < 1.29 is 4.74 Å². The summed E-state index contributed by atoms with van der Waals surface area (Å²) in [6.45, 7) is 2.67. The number of ether oxygens (including phenoxy) is 1. The SMILES string of the molecule is COCCn1c(=O)[nH]c(=O)c2c(-c3ccccc3C)ccnc21. The monoisotopic (exact) mass is 311 g/mol. The third-order valence-corrected chi connectivity index (χ3v) is 3.83. The summed E-state index contributed by atoms with van der Waals surface area (Å²) in [7, 11) is 1.56. The van der Waals surface area contributed by atoms with E-state index in [9.17, 15) is 9.59 Å². The third kappa shape index (κ3) is 2.68. The van der Waals surface area contributed by atoms with Gasteiger partial charge in [-0.3, -0.25) is 14.3 Å². The van der Waals surface area contributed by atoms with Crippen LogP contribution in [0, 0.1) is 6.92 Å². The highest BCUT2D eigenvalue weighted by atomic mass is 16.5. The molecule has 0 bridgehead atoms. The highest BCUT2D eigenvalue weighted by molar-refractivity contribution is 5.92. The van der Waals surface area contributed by atoms with Crippen LogP contribution in [0.3, 0.4) is 0 Å². The molecular formula is C17H17N3O3. The molecule has 0 saturated carbocycles. The number of H-pyrrole nitrogens is 1. The minimum Gasteiger partial charge on any atom is -0.383 e. The number of hydrogen-bond donors (Lipinski definition) is 1. The summed E-state index contributed by atoms with van der Waals surface area (Å²) in [6, 6.07) is 9.60. The van der Waals surface area contributed by atoms with Crippen molar-refractivity contribution in [3.05, 3.63) is 62.9 Å². The quantitative estimate of drug-likeness (QED) is 0.795. The number of aryl methyl sites for hydroxylation is 1. The predicted molar refractivity (Wildman–Crippen MR) is 88.7 cm³/mol. The Hall–Kier alpha value is -2.73. The first kappa shape index (κ1) is 15.2. The van der Waals surface area contributed by atoms with Gasteiger partial charge < -0.3 is 4.74 Å². The topological polar surface area (TPSA) is 77.0 Å². The third-order valence-electron chi connectivity index (χ3n) is 3.83. The van der Waals surface area contributed by atoms with E-state index >= 15 is 0 Å². The fourth-order valence-electron chi connectivity index (χ4n) is 2.69. The highest BCUT2D eigenvalue weighted by Crippen LogP contribution is 2.27. The summed E-state index contributed by atoms with van der Waals surface area (Å²) in [4.78, 5) is 31.1. The zero-order valence-corrected chi connectivity index (χ0v) is 13.0. The molecule has 6 heteroatoms. The Balaban J connectivity index is 2.36. The molecule has 0 unspecified atom stereocenters. The molecule has 2 aromatic heterocycles. The molecule has 0 atom stereocenters. The molecule has 0 aliphatic heterocycles. The summed E-state index contributed by atoms with van der Waals surface area (Å²) < 4.78 is 6.47. The maximum absolute atomic E-state index is 12.4. The van der Waals surface area contributed by atoms with E-state index in [-0.39, 0.29) is 0 Å². The molecule has 3 aromatic rings. The van der Waals surface area contributed by atoms with Gasteiger partial charge in [-0.2, -0.15) is 0 Å². The summed E-state index contributed by atoms with van der Waals surface area (Å²) in [6.07, 6.45) is 1.62. The van der Waals surface area contributed by atoms with Gasteiger partial charge >= 0.3 is 5.69 Å². The largest absolute Gasteiger partial charge is 0.383 e. The van der Waals surface area contributed by atoms with Crippen LogP contribution in [0.2, 0.25) is 0 Å². The van der Waals surface area contributed by atoms with E-state index < -0.39 is 11.2 Å². The minimum atomic E-state index is -0.478. The molecule has 2 heterocycles. The zero-order chi connectivity index (χ0) is 16.4. The standard InChI is InChI=1S/C17H17N3O3/c1-11-5-3-4-6-12(11)13-7-8-18-15-14(13)16(21)19-17(22)20(15)9-10-23-2/h3-8H,9-10H2,1-2H3,(H,19,21,22). The maximum Gasteiger partial charge on any atom is 0.330 e. The first-order valence-electron chi connectivity index (χ1n) is 7.30. The molecule has 0 fully saturated rings. The van der Waals surface area contributed by atoms with Crippen LogP contribution in [0.5, 0.6) is 0 Å². The van der Waals surface area contributed by atoms with E-state index in [2.05, 4.69) is 9.97 Å². The van der Waals surface area contributed by atoms with Crippen LogP contribution in [-0.4, -0.2) is 28.3 Å². The van der Waals surface area contributed by atoms with Crippen LogP contribution in [0.25, 0.3) is 22.2 Å². The van der Waals surface area contributed by atoms with Gasteiger partial charge in [0.05, 0.1) is 18.5 Å². The Labute approximate surface area is 132 Å². The molecule has 6 nitrogen and oxygen atoms in total. The van der Waals surface area contributed by atoms with Gasteiger partial charge in [0, 0.05) is 13.3 Å². The van der Waals surface area contributed by atoms with Gasteiger partial charge in [-0.15, -0.1) is 0 Å². The summed E-state index contributed by atoms with van der Waals surface area (Å²) >= 11 is 0. The average molecular weight is 311 g/mol. The van der Waals surface area contributed by atoms with Crippen molar-refractivity contribution in [1.82, 2.24) is 14.5 Å². The first-order chi connectivity index (χ1) is 11.1. The predicted octanol–water partition coefficient (Wildman–Crippen LogP) is 1.71. The second kappa shape index (κ2) is 6.18. The Kier molecular flexibility index (Phi) is 4.08. The number of hydrogen-bond acceptors (Lipinski definition) is 4. The molecule has 1 aromatic carbocycles. The van der Waals surface area contributed by atoms with Crippen molar-refractivity contribution in [2.45, 2.75) is 13.5 Å². The Morgan fingerprint density at radius 3 is 2.70 bits per heavy atom. The highest BCUT2D eigenvalue weighted by Gasteiger charge is 2.14. The number of nitrogens with zero attached hydrogens (tertiary/aromatic N) is 2. The van der Waals surface area contributed by atoms with E-state index in [4.69, 9.17) is 4.74 Å². The van der Waals surface area contributed by atoms with Gasteiger partial charge in [0.1, 0.15) is 5.65 Å². The lowest BCUT2D eigenvalue weighted by Gasteiger charge is -2.12. The fraction of sp³-hybridized carbons (Fsp3) is 0.235. The van der Waals surface area contributed by atoms with E-state index in [0.29, 0.717) is 24.2 Å². The number of methoxy groups -OCH3 is 1. The molecule has 23 heavy (non-hydrogen) atoms. The average Bonchev–Trinajstić information content (AvgIpc) is 2.54. The normalized spacial score (nSPS) is 11.0. The minimum absolute atomic E-state index is 0.326. The molecule has 0 aliphatic carbocycles. The van der Waals surface area contributed by atoms with Crippen LogP contribution < -0.4 is 11.2 Å². The first-order valence-corrected chi connectivity index (χ1v) is 7.30. The number of aromatic amines is 1. The zero-order valence-electron chi connectivity index (χ0n) is 13.0. The van der Waals surface area contributed by atoms with E-state index in [0.717, 1.165) is 16.7 Å². The smallest absolute Gasteiger partial charge is 0.330 e. The number of pyridine rings is 1. The van der Waals surface area contributed by atoms with Crippen molar-refractivity contribution in [1.29, 1.82) is 0 Å². The molecule has 0 spiro atoms. The van der Waals surface area contributed by atoms with Crippen molar-refractivity contribution in [3.8, 4) is 11.1 Å². The van der Waals surface area contributed by atoms with Gasteiger partial charge in [0.15, 0.2) is 0 Å². The number of nitrogens with one attached hydrogen (secondary N) is 1. The van der Waals surface area contributed by atoms with Crippen LogP contribution in [-0.2, 0) is 11.3 Å². The molecule has 0 amide bonds. The van der Waals surface area contributed by atoms with Crippen LogP contribution in [0.15, 0.2) is 46.1 Å². The molecule has 1 N–H and O–H groups in total. The second-order valence-corrected chi connectivity index (χ2v) is 5.28. The number of fused-ring (bicyclic) bond motifs is 1. The lowest BCUT2D eigenvalue weighted by Crippen LogP contribution is -2.32. The van der Waals surface area contributed by atoms with Gasteiger partial charge in [-0.05, 0) is 29.7 Å². The second-order valence-electron chi connectivity index (χ2n) is 5.28. The Morgan fingerprint density at radius 2 is 1.96 bits per heavy atom. The molecule has 0 radical (unpaired) electrons. The molecule has 0 saturated heterocycles. The Morgan fingerprint density at radius 1 is 1.17 bits per heavy atom. The maximum atomic E-state index is 12.4. The number of rotatable bonds is 4. The summed E-state index contributed by atoms with van der Waals surface area (Å²) in [5.74, 6) is 0. The van der Waals surface area contributed by atoms with Crippen LogP contribution in [0.1, 0.15) is 5.56 Å². The van der Waals surface area contributed by atoms with E-state index in [1.807, 2.05) is 31.2 Å². The van der Waals surface area contributed by atoms with Crippen LogP contribution in [0.4, 0.5) is 0 Å². The van der Waals surface area contributed by atoms with E-state index in [1.54, 1.807) is 19.4 Å². The fourth-order valence-corrected chi connectivity index (χ4v) is 2.69. The number of benzene rings is 1. The lowest BCUT2D eigenvalue weighted by atomic mass is 9.99. The van der Waals surface area contributed by atoms with Crippen molar-refractivity contribution in [2.24, 2.45) is 0 Å². The van der Waals surface area contributed by atoms with Crippen LogP contribution >= 0.6 is 0 Å². The number of aromatic nitrogens is 3. The molecule has 118 valence electrons. The summed E-state index contributed by atoms with van der Waals surface area (Å²) in [5.41, 5.74) is 2.23. The Bertz CT molecular complexity index is 973. The molecular weight excluding hydrogens is 294 g/mol. The van der Waals surface area contributed by atoms with E-state index in [1.165, 1.54) is 4.57 Å². The molecule has 0 aliphatic rings. The molecule has 3 rings (SSSR count). The van der Waals surface area contributed by atoms with Gasteiger partial charge in [-0.25, -0.2) is 9.78 Å². The van der Waals surface area contributed by atoms with Gasteiger partial charge in [0.2, 0.25) is 0 Å². The van der Waals surface area contributed by atoms with Crippen molar-refractivity contribution in [2.75, 3.05) is 13.7 Å². The van der Waals surface area contributed by atoms with Crippen molar-refractivity contribution >= 4 is 11.0 Å².